The molecular formula is C45H42N2O9S. The van der Waals surface area contributed by atoms with Gasteiger partial charge in [0.05, 0.1) is 37.3 Å². The standard InChI is InChI=1S/C45H42N2O9S/c1-28-39(27-57-36-21-19-33(20-22-36)43(51)52)55-44(56-41(28)32-13-11-29(25-48)12-14-32)34-17-15-31(16-18-34)37-10-6-5-9-35(37)24-47-40(49)23-38(42(47)50)46-45(53)54-26-30-7-3-2-4-8-30/h2-22,28,38-39,41,44,48H,23-27H2,1H3,(H,46,53)(H,51,52)/t28-,38?,39+,41+,44+/m0/s1. The number of aromatic carboxylic acids is 1. The first-order valence-corrected chi connectivity index (χ1v) is 19.6. The van der Waals surface area contributed by atoms with Crippen molar-refractivity contribution >= 4 is 35.6 Å². The first-order valence-electron chi connectivity index (χ1n) is 18.6. The number of amides is 3. The van der Waals surface area contributed by atoms with Gasteiger partial charge in [0, 0.05) is 22.1 Å². The lowest BCUT2D eigenvalue weighted by atomic mass is 9.91. The average molecular weight is 787 g/mol. The van der Waals surface area contributed by atoms with Crippen molar-refractivity contribution in [2.24, 2.45) is 5.92 Å². The number of hydrogen-bond donors (Lipinski definition) is 3. The van der Waals surface area contributed by atoms with E-state index in [1.54, 1.807) is 36.0 Å². The average Bonchev–Trinajstić information content (AvgIpc) is 3.50. The number of thioether (sulfide) groups is 1. The monoisotopic (exact) mass is 786 g/mol. The van der Waals surface area contributed by atoms with Gasteiger partial charge in [-0.15, -0.1) is 11.8 Å². The molecule has 0 bridgehead atoms. The Kier molecular flexibility index (Phi) is 12.4. The number of nitrogens with zero attached hydrogens (tertiary/aromatic N) is 1. The molecule has 11 nitrogen and oxygen atoms in total. The van der Waals surface area contributed by atoms with E-state index in [9.17, 15) is 29.4 Å². The molecule has 3 N–H and O–H groups in total. The molecule has 57 heavy (non-hydrogen) atoms. The number of alkyl carbamates (subject to hydrolysis) is 1. The summed E-state index contributed by atoms with van der Waals surface area (Å²) in [6.45, 7) is 2.11. The normalized spacial score (nSPS) is 20.7. The summed E-state index contributed by atoms with van der Waals surface area (Å²) in [5.41, 5.74) is 6.07. The van der Waals surface area contributed by atoms with E-state index in [1.165, 1.54) is 4.90 Å². The van der Waals surface area contributed by atoms with Gasteiger partial charge in [0.25, 0.3) is 5.91 Å². The molecule has 5 aromatic carbocycles. The highest BCUT2D eigenvalue weighted by Gasteiger charge is 2.40. The third-order valence-electron chi connectivity index (χ3n) is 10.2. The number of nitrogens with one attached hydrogen (secondary N) is 1. The quantitative estimate of drug-likeness (QED) is 0.0801. The van der Waals surface area contributed by atoms with E-state index in [4.69, 9.17) is 14.2 Å². The van der Waals surface area contributed by atoms with Crippen molar-refractivity contribution in [1.82, 2.24) is 10.2 Å². The number of likely N-dealkylation sites (tertiary alicyclic amines) is 1. The number of aliphatic hydroxyl groups is 1. The largest absolute Gasteiger partial charge is 0.478 e. The number of carbonyl (C=O) groups excluding carboxylic acids is 3. The molecule has 5 atom stereocenters. The number of carbonyl (C=O) groups is 4. The maximum atomic E-state index is 13.3. The van der Waals surface area contributed by atoms with Gasteiger partial charge in [-0.05, 0) is 57.6 Å². The van der Waals surface area contributed by atoms with Crippen LogP contribution in [0, 0.1) is 5.92 Å². The van der Waals surface area contributed by atoms with Crippen LogP contribution < -0.4 is 5.32 Å². The van der Waals surface area contributed by atoms with Crippen LogP contribution in [0.1, 0.15) is 63.9 Å². The number of carboxylic acid groups (broad SMARTS) is 1. The van der Waals surface area contributed by atoms with Crippen LogP contribution in [0.2, 0.25) is 0 Å². The fourth-order valence-electron chi connectivity index (χ4n) is 6.98. The minimum atomic E-state index is -1.01. The molecule has 1 unspecified atom stereocenters. The summed E-state index contributed by atoms with van der Waals surface area (Å²) < 4.78 is 18.5. The number of rotatable bonds is 13. The molecule has 3 amide bonds. The van der Waals surface area contributed by atoms with Gasteiger partial charge in [-0.25, -0.2) is 9.59 Å². The zero-order valence-corrected chi connectivity index (χ0v) is 32.0. The Morgan fingerprint density at radius 1 is 0.825 bits per heavy atom. The molecular weight excluding hydrogens is 745 g/mol. The lowest BCUT2D eigenvalue weighted by Gasteiger charge is -2.41. The zero-order valence-electron chi connectivity index (χ0n) is 31.2. The lowest BCUT2D eigenvalue weighted by Crippen LogP contribution is -2.41. The molecule has 0 aromatic heterocycles. The van der Waals surface area contributed by atoms with E-state index in [1.807, 2.05) is 103 Å². The van der Waals surface area contributed by atoms with E-state index in [-0.39, 0.29) is 55.8 Å². The van der Waals surface area contributed by atoms with Crippen molar-refractivity contribution in [3.63, 3.8) is 0 Å². The van der Waals surface area contributed by atoms with Gasteiger partial charge in [0.2, 0.25) is 5.91 Å². The number of ether oxygens (including phenoxy) is 3. The summed E-state index contributed by atoms with van der Waals surface area (Å²) in [5, 5.41) is 21.5. The van der Waals surface area contributed by atoms with Crippen LogP contribution in [0.5, 0.6) is 0 Å². The van der Waals surface area contributed by atoms with Crippen molar-refractivity contribution < 1.29 is 43.6 Å². The third kappa shape index (κ3) is 9.44. The molecule has 0 radical (unpaired) electrons. The Bertz CT molecular complexity index is 2200. The molecule has 0 saturated carbocycles. The number of hydrogen-bond acceptors (Lipinski definition) is 9. The number of aliphatic hydroxyl groups excluding tert-OH is 1. The molecule has 5 aromatic rings. The summed E-state index contributed by atoms with van der Waals surface area (Å²) in [6, 6.07) is 38.0. The van der Waals surface area contributed by atoms with E-state index in [0.29, 0.717) is 5.75 Å². The van der Waals surface area contributed by atoms with Gasteiger partial charge in [-0.1, -0.05) is 110 Å². The van der Waals surface area contributed by atoms with E-state index >= 15 is 0 Å². The van der Waals surface area contributed by atoms with Crippen molar-refractivity contribution in [2.45, 2.75) is 62.5 Å². The topological polar surface area (TPSA) is 152 Å². The van der Waals surface area contributed by atoms with E-state index < -0.39 is 30.3 Å². The molecule has 2 aliphatic rings. The van der Waals surface area contributed by atoms with Gasteiger partial charge in [0.1, 0.15) is 12.6 Å². The number of carboxylic acids is 1. The highest BCUT2D eigenvalue weighted by Crippen LogP contribution is 2.43. The van der Waals surface area contributed by atoms with Crippen LogP contribution in [-0.2, 0) is 43.6 Å². The highest BCUT2D eigenvalue weighted by molar-refractivity contribution is 7.99. The van der Waals surface area contributed by atoms with Crippen LogP contribution in [-0.4, -0.2) is 56.9 Å². The van der Waals surface area contributed by atoms with Crippen molar-refractivity contribution in [3.8, 4) is 11.1 Å². The van der Waals surface area contributed by atoms with Crippen LogP contribution in [0.3, 0.4) is 0 Å². The number of imide groups is 1. The molecule has 2 heterocycles. The van der Waals surface area contributed by atoms with Gasteiger partial charge >= 0.3 is 12.1 Å². The fraction of sp³-hybridized carbons (Fsp3) is 0.244. The minimum absolute atomic E-state index is 0.0364. The molecule has 12 heteroatoms. The second kappa shape index (κ2) is 18.0. The maximum Gasteiger partial charge on any atom is 0.408 e. The summed E-state index contributed by atoms with van der Waals surface area (Å²) in [7, 11) is 0. The summed E-state index contributed by atoms with van der Waals surface area (Å²) in [5.74, 6) is -1.29. The SMILES string of the molecule is C[C@H]1[C@@H](CSc2ccc(C(=O)O)cc2)O[C@@H](c2ccc(-c3ccccc3CN3C(=O)CC(NC(=O)OCc4ccccc4)C3=O)cc2)O[C@H]1c1ccc(CO)cc1. The second-order valence-electron chi connectivity index (χ2n) is 14.0. The second-order valence-corrected chi connectivity index (χ2v) is 15.1. The van der Waals surface area contributed by atoms with Crippen LogP contribution in [0.4, 0.5) is 4.79 Å². The number of benzene rings is 5. The van der Waals surface area contributed by atoms with E-state index in [2.05, 4.69) is 12.2 Å². The van der Waals surface area contributed by atoms with Crippen LogP contribution >= 0.6 is 11.8 Å². The molecule has 2 aliphatic heterocycles. The van der Waals surface area contributed by atoms with Gasteiger partial charge in [-0.3, -0.25) is 14.5 Å². The molecule has 0 spiro atoms. The summed E-state index contributed by atoms with van der Waals surface area (Å²) in [6.07, 6.45) is -2.15. The lowest BCUT2D eigenvalue weighted by molar-refractivity contribution is -0.268. The molecule has 292 valence electrons. The molecule has 0 aliphatic carbocycles. The van der Waals surface area contributed by atoms with Crippen molar-refractivity contribution in [1.29, 1.82) is 0 Å². The van der Waals surface area contributed by atoms with Gasteiger partial charge in [-0.2, -0.15) is 0 Å². The predicted molar refractivity (Wildman–Crippen MR) is 213 cm³/mol. The third-order valence-corrected chi connectivity index (χ3v) is 11.3. The Balaban J connectivity index is 1.05. The Labute approximate surface area is 334 Å². The predicted octanol–water partition coefficient (Wildman–Crippen LogP) is 7.68. The molecule has 2 fully saturated rings. The van der Waals surface area contributed by atoms with Crippen LogP contribution in [0.15, 0.2) is 132 Å². The first kappa shape index (κ1) is 39.4. The first-order chi connectivity index (χ1) is 27.7. The van der Waals surface area contributed by atoms with Crippen molar-refractivity contribution in [2.75, 3.05) is 5.75 Å². The molecule has 2 saturated heterocycles. The summed E-state index contributed by atoms with van der Waals surface area (Å²) >= 11 is 1.58. The van der Waals surface area contributed by atoms with Gasteiger partial charge in [0.15, 0.2) is 6.29 Å². The zero-order chi connectivity index (χ0) is 39.9. The Hall–Kier alpha value is -5.79. The smallest absolute Gasteiger partial charge is 0.408 e. The highest BCUT2D eigenvalue weighted by atomic mass is 32.2. The van der Waals surface area contributed by atoms with E-state index in [0.717, 1.165) is 43.8 Å². The fourth-order valence-corrected chi connectivity index (χ4v) is 8.05. The minimum Gasteiger partial charge on any atom is -0.478 e. The molecule has 7 rings (SSSR count). The summed E-state index contributed by atoms with van der Waals surface area (Å²) in [4.78, 5) is 52.3. The van der Waals surface area contributed by atoms with Crippen LogP contribution in [0.25, 0.3) is 11.1 Å². The Morgan fingerprint density at radius 2 is 1.51 bits per heavy atom. The van der Waals surface area contributed by atoms with Gasteiger partial charge < -0.3 is 29.7 Å². The Morgan fingerprint density at radius 3 is 2.21 bits per heavy atom. The maximum absolute atomic E-state index is 13.3. The van der Waals surface area contributed by atoms with Crippen molar-refractivity contribution in [3.05, 3.63) is 161 Å².